The SMILES string of the molecule is CNC(=O)[C@@H](C)N(Cc1ccc(F)cc1)C(=O)CN(c1cccc(C(F)(F)F)c1)S(C)(=O)=O. The normalized spacial score (nSPS) is 12.7. The summed E-state index contributed by atoms with van der Waals surface area (Å²) in [6.45, 7) is 0.409. The van der Waals surface area contributed by atoms with Gasteiger partial charge in [-0.1, -0.05) is 18.2 Å². The van der Waals surface area contributed by atoms with Crippen LogP contribution in [0.15, 0.2) is 48.5 Å². The second-order valence-electron chi connectivity index (χ2n) is 7.26. The number of carbonyl (C=O) groups is 2. The molecule has 0 saturated carbocycles. The Morgan fingerprint density at radius 3 is 2.21 bits per heavy atom. The molecular formula is C21H23F4N3O4S. The molecule has 12 heteroatoms. The Labute approximate surface area is 189 Å². The van der Waals surface area contributed by atoms with Crippen molar-refractivity contribution in [3.8, 4) is 0 Å². The number of nitrogens with one attached hydrogen (secondary N) is 1. The summed E-state index contributed by atoms with van der Waals surface area (Å²) in [4.78, 5) is 26.4. The zero-order valence-electron chi connectivity index (χ0n) is 18.1. The van der Waals surface area contributed by atoms with Gasteiger partial charge in [0.1, 0.15) is 18.4 Å². The molecule has 0 saturated heterocycles. The van der Waals surface area contributed by atoms with Crippen LogP contribution in [-0.4, -0.2) is 51.0 Å². The molecule has 0 heterocycles. The first-order valence-corrected chi connectivity index (χ1v) is 11.5. The molecule has 2 amide bonds. The quantitative estimate of drug-likeness (QED) is 0.578. The van der Waals surface area contributed by atoms with Gasteiger partial charge in [-0.05, 0) is 42.8 Å². The topological polar surface area (TPSA) is 86.8 Å². The van der Waals surface area contributed by atoms with Crippen LogP contribution in [-0.2, 0) is 32.3 Å². The first-order valence-electron chi connectivity index (χ1n) is 9.64. The summed E-state index contributed by atoms with van der Waals surface area (Å²) in [6, 6.07) is 7.64. The minimum absolute atomic E-state index is 0.159. The lowest BCUT2D eigenvalue weighted by Gasteiger charge is -2.31. The molecule has 2 aromatic carbocycles. The van der Waals surface area contributed by atoms with E-state index in [4.69, 9.17) is 0 Å². The van der Waals surface area contributed by atoms with Gasteiger partial charge in [0.2, 0.25) is 21.8 Å². The van der Waals surface area contributed by atoms with Crippen LogP contribution in [0.25, 0.3) is 0 Å². The van der Waals surface area contributed by atoms with E-state index in [1.165, 1.54) is 26.1 Å². The van der Waals surface area contributed by atoms with E-state index < -0.39 is 52.0 Å². The Kier molecular flexibility index (Phi) is 8.06. The van der Waals surface area contributed by atoms with E-state index in [-0.39, 0.29) is 12.2 Å². The van der Waals surface area contributed by atoms with Crippen molar-refractivity contribution in [3.05, 3.63) is 65.5 Å². The first-order chi connectivity index (χ1) is 15.2. The van der Waals surface area contributed by atoms with E-state index in [1.807, 2.05) is 0 Å². The fraction of sp³-hybridized carbons (Fsp3) is 0.333. The van der Waals surface area contributed by atoms with Crippen LogP contribution in [0, 0.1) is 5.82 Å². The van der Waals surface area contributed by atoms with Gasteiger partial charge in [-0.25, -0.2) is 12.8 Å². The second kappa shape index (κ2) is 10.2. The molecule has 1 atom stereocenters. The van der Waals surface area contributed by atoms with Gasteiger partial charge in [-0.2, -0.15) is 13.2 Å². The summed E-state index contributed by atoms with van der Waals surface area (Å²) in [5.74, 6) is -1.89. The molecule has 0 aromatic heterocycles. The number of nitrogens with zero attached hydrogens (tertiary/aromatic N) is 2. The number of halogens is 4. The maximum absolute atomic E-state index is 13.2. The summed E-state index contributed by atoms with van der Waals surface area (Å²) in [7, 11) is -2.82. The molecule has 180 valence electrons. The fourth-order valence-electron chi connectivity index (χ4n) is 3.03. The molecule has 0 bridgehead atoms. The predicted molar refractivity (Wildman–Crippen MR) is 114 cm³/mol. The van der Waals surface area contributed by atoms with E-state index in [0.717, 1.165) is 41.5 Å². The van der Waals surface area contributed by atoms with Crippen molar-refractivity contribution >= 4 is 27.5 Å². The molecule has 33 heavy (non-hydrogen) atoms. The third-order valence-corrected chi connectivity index (χ3v) is 5.96. The number of likely N-dealkylation sites (N-methyl/N-ethyl adjacent to an activating group) is 1. The first kappa shape index (κ1) is 26.1. The number of carbonyl (C=O) groups excluding carboxylic acids is 2. The van der Waals surface area contributed by atoms with Gasteiger partial charge in [0.15, 0.2) is 0 Å². The lowest BCUT2D eigenvalue weighted by atomic mass is 10.1. The number of alkyl halides is 3. The van der Waals surface area contributed by atoms with Crippen molar-refractivity contribution in [2.75, 3.05) is 24.2 Å². The molecule has 0 spiro atoms. The smallest absolute Gasteiger partial charge is 0.357 e. The van der Waals surface area contributed by atoms with Crippen molar-refractivity contribution in [1.82, 2.24) is 10.2 Å². The highest BCUT2D eigenvalue weighted by Crippen LogP contribution is 2.32. The zero-order valence-corrected chi connectivity index (χ0v) is 18.9. The molecule has 0 radical (unpaired) electrons. The Hall–Kier alpha value is -3.15. The van der Waals surface area contributed by atoms with Crippen molar-refractivity contribution in [2.45, 2.75) is 25.7 Å². The number of anilines is 1. The molecule has 1 N–H and O–H groups in total. The van der Waals surface area contributed by atoms with Gasteiger partial charge in [0, 0.05) is 13.6 Å². The summed E-state index contributed by atoms with van der Waals surface area (Å²) in [5, 5.41) is 2.38. The van der Waals surface area contributed by atoms with Crippen LogP contribution >= 0.6 is 0 Å². The molecule has 0 aliphatic carbocycles. The Morgan fingerprint density at radius 1 is 1.09 bits per heavy atom. The molecule has 2 aromatic rings. The highest BCUT2D eigenvalue weighted by molar-refractivity contribution is 7.92. The van der Waals surface area contributed by atoms with E-state index >= 15 is 0 Å². The zero-order chi connectivity index (χ0) is 25.0. The van der Waals surface area contributed by atoms with E-state index in [9.17, 15) is 35.6 Å². The van der Waals surface area contributed by atoms with Crippen LogP contribution in [0.5, 0.6) is 0 Å². The monoisotopic (exact) mass is 489 g/mol. The van der Waals surface area contributed by atoms with Crippen molar-refractivity contribution in [2.24, 2.45) is 0 Å². The van der Waals surface area contributed by atoms with E-state index in [0.29, 0.717) is 15.9 Å². The van der Waals surface area contributed by atoms with Gasteiger partial charge in [0.05, 0.1) is 17.5 Å². The van der Waals surface area contributed by atoms with Crippen molar-refractivity contribution < 1.29 is 35.6 Å². The third-order valence-electron chi connectivity index (χ3n) is 4.82. The molecule has 2 rings (SSSR count). The molecular weight excluding hydrogens is 466 g/mol. The average Bonchev–Trinajstić information content (AvgIpc) is 2.74. The largest absolute Gasteiger partial charge is 0.416 e. The van der Waals surface area contributed by atoms with Gasteiger partial charge in [-0.15, -0.1) is 0 Å². The van der Waals surface area contributed by atoms with E-state index in [1.54, 1.807) is 0 Å². The van der Waals surface area contributed by atoms with Crippen LogP contribution in [0.1, 0.15) is 18.1 Å². The van der Waals surface area contributed by atoms with Crippen LogP contribution in [0.4, 0.5) is 23.2 Å². The standard InChI is InChI=1S/C21H23F4N3O4S/c1-14(20(30)26-2)27(12-15-7-9-17(22)10-8-15)19(29)13-28(33(3,31)32)18-6-4-5-16(11-18)21(23,24)25/h4-11,14H,12-13H2,1-3H3,(H,26,30)/t14-/m1/s1. The number of rotatable bonds is 8. The Balaban J connectivity index is 2.42. The minimum Gasteiger partial charge on any atom is -0.357 e. The molecule has 7 nitrogen and oxygen atoms in total. The second-order valence-corrected chi connectivity index (χ2v) is 9.16. The number of sulfonamides is 1. The third kappa shape index (κ3) is 6.91. The number of hydrogen-bond acceptors (Lipinski definition) is 4. The fourth-order valence-corrected chi connectivity index (χ4v) is 3.87. The number of amides is 2. The molecule has 0 aliphatic heterocycles. The van der Waals surface area contributed by atoms with Crippen LogP contribution in [0.2, 0.25) is 0 Å². The van der Waals surface area contributed by atoms with Gasteiger partial charge in [-0.3, -0.25) is 13.9 Å². The maximum atomic E-state index is 13.2. The van der Waals surface area contributed by atoms with Crippen LogP contribution < -0.4 is 9.62 Å². The number of hydrogen-bond donors (Lipinski definition) is 1. The summed E-state index contributed by atoms with van der Waals surface area (Å²) in [5.41, 5.74) is -0.969. The molecule has 0 fully saturated rings. The van der Waals surface area contributed by atoms with Crippen molar-refractivity contribution in [3.63, 3.8) is 0 Å². The van der Waals surface area contributed by atoms with E-state index in [2.05, 4.69) is 5.32 Å². The van der Waals surface area contributed by atoms with Gasteiger partial charge >= 0.3 is 6.18 Å². The lowest BCUT2D eigenvalue weighted by Crippen LogP contribution is -2.50. The summed E-state index contributed by atoms with van der Waals surface area (Å²) >= 11 is 0. The molecule has 0 aliphatic rings. The van der Waals surface area contributed by atoms with Gasteiger partial charge < -0.3 is 10.2 Å². The minimum atomic E-state index is -4.72. The lowest BCUT2D eigenvalue weighted by molar-refractivity contribution is -0.139. The number of benzene rings is 2. The predicted octanol–water partition coefficient (Wildman–Crippen LogP) is 2.77. The van der Waals surface area contributed by atoms with Gasteiger partial charge in [0.25, 0.3) is 0 Å². The Bertz CT molecular complexity index is 1110. The maximum Gasteiger partial charge on any atom is 0.416 e. The van der Waals surface area contributed by atoms with Crippen LogP contribution in [0.3, 0.4) is 0 Å². The van der Waals surface area contributed by atoms with Crippen molar-refractivity contribution in [1.29, 1.82) is 0 Å². The molecule has 0 unspecified atom stereocenters. The highest BCUT2D eigenvalue weighted by Gasteiger charge is 2.33. The average molecular weight is 489 g/mol. The summed E-state index contributed by atoms with van der Waals surface area (Å²) in [6.07, 6.45) is -3.96. The highest BCUT2D eigenvalue weighted by atomic mass is 32.2. The summed E-state index contributed by atoms with van der Waals surface area (Å²) < 4.78 is 77.8. The Morgan fingerprint density at radius 2 is 1.70 bits per heavy atom.